The van der Waals surface area contributed by atoms with Gasteiger partial charge in [0.25, 0.3) is 0 Å². The van der Waals surface area contributed by atoms with E-state index in [-0.39, 0.29) is 0 Å². The molecule has 3 nitrogen and oxygen atoms in total. The fourth-order valence-corrected chi connectivity index (χ4v) is 5.85. The average molecular weight is 319 g/mol. The molecule has 0 N–H and O–H groups in total. The molecule has 0 aromatic carbocycles. The van der Waals surface area contributed by atoms with Gasteiger partial charge in [0.2, 0.25) is 0 Å². The van der Waals surface area contributed by atoms with Gasteiger partial charge in [0, 0.05) is 12.7 Å². The molecule has 2 aromatic heterocycles. The molecule has 2 fully saturated rings. The summed E-state index contributed by atoms with van der Waals surface area (Å²) >= 11 is 4.17. The molecule has 4 heterocycles. The van der Waals surface area contributed by atoms with Crippen molar-refractivity contribution in [1.29, 1.82) is 0 Å². The van der Waals surface area contributed by atoms with E-state index >= 15 is 0 Å². The molecule has 1 atom stereocenters. The molecule has 0 saturated carbocycles. The quantitative estimate of drug-likeness (QED) is 0.850. The highest BCUT2D eigenvalue weighted by molar-refractivity contribution is 7.99. The number of nitrogens with zero attached hydrogens (tertiary/aromatic N) is 3. The Bertz CT molecular complexity index is 613. The molecule has 112 valence electrons. The Balaban J connectivity index is 1.70. The zero-order valence-electron chi connectivity index (χ0n) is 12.2. The summed E-state index contributed by atoms with van der Waals surface area (Å²) in [6, 6.07) is 4.11. The van der Waals surface area contributed by atoms with Crippen LogP contribution in [0.3, 0.4) is 0 Å². The third kappa shape index (κ3) is 2.82. The second-order valence-corrected chi connectivity index (χ2v) is 8.52. The van der Waals surface area contributed by atoms with Crippen molar-refractivity contribution >= 4 is 34.7 Å². The van der Waals surface area contributed by atoms with E-state index in [1.807, 2.05) is 12.3 Å². The van der Waals surface area contributed by atoms with Gasteiger partial charge in [-0.2, -0.15) is 23.5 Å². The van der Waals surface area contributed by atoms with Gasteiger partial charge in [0.15, 0.2) is 5.65 Å². The number of pyridine rings is 1. The first kappa shape index (κ1) is 13.9. The maximum atomic E-state index is 4.93. The molecule has 21 heavy (non-hydrogen) atoms. The second-order valence-electron chi connectivity index (χ2n) is 5.98. The highest BCUT2D eigenvalue weighted by Crippen LogP contribution is 2.40. The van der Waals surface area contributed by atoms with Crippen LogP contribution in [0.2, 0.25) is 0 Å². The Hall–Kier alpha value is -0.680. The molecule has 0 spiro atoms. The Morgan fingerprint density at radius 3 is 2.90 bits per heavy atom. The minimum absolute atomic E-state index is 0.581. The van der Waals surface area contributed by atoms with Crippen LogP contribution in [0, 0.1) is 5.92 Å². The van der Waals surface area contributed by atoms with Crippen LogP contribution in [0.1, 0.15) is 36.8 Å². The molecule has 0 bridgehead atoms. The lowest BCUT2D eigenvalue weighted by molar-refractivity contribution is 0.413. The van der Waals surface area contributed by atoms with Crippen LogP contribution in [-0.4, -0.2) is 31.8 Å². The van der Waals surface area contributed by atoms with Gasteiger partial charge in [-0.3, -0.25) is 0 Å². The molecular weight excluding hydrogens is 298 g/mol. The fourth-order valence-electron chi connectivity index (χ4n) is 3.37. The maximum Gasteiger partial charge on any atom is 0.160 e. The first-order chi connectivity index (χ1) is 10.4. The molecule has 0 amide bonds. The summed E-state index contributed by atoms with van der Waals surface area (Å²) < 4.78 is 2.44. The van der Waals surface area contributed by atoms with E-state index in [0.717, 1.165) is 23.6 Å². The van der Waals surface area contributed by atoms with Crippen molar-refractivity contribution in [1.82, 2.24) is 14.5 Å². The molecule has 0 aliphatic carbocycles. The summed E-state index contributed by atoms with van der Waals surface area (Å²) in [6.45, 7) is 1.11. The fraction of sp³-hybridized carbons (Fsp3) is 0.625. The van der Waals surface area contributed by atoms with Gasteiger partial charge in [-0.15, -0.1) is 0 Å². The van der Waals surface area contributed by atoms with Crippen molar-refractivity contribution in [3.05, 3.63) is 24.2 Å². The number of aromatic nitrogens is 3. The van der Waals surface area contributed by atoms with Crippen LogP contribution in [0.25, 0.3) is 11.2 Å². The predicted molar refractivity (Wildman–Crippen MR) is 92.0 cm³/mol. The van der Waals surface area contributed by atoms with Crippen molar-refractivity contribution in [2.24, 2.45) is 5.92 Å². The van der Waals surface area contributed by atoms with Crippen LogP contribution in [-0.2, 0) is 6.54 Å². The average Bonchev–Trinajstić information content (AvgIpc) is 3.16. The zero-order chi connectivity index (χ0) is 14.1. The number of hydrogen-bond donors (Lipinski definition) is 0. The topological polar surface area (TPSA) is 30.7 Å². The number of thioether (sulfide) groups is 2. The Morgan fingerprint density at radius 2 is 2.10 bits per heavy atom. The van der Waals surface area contributed by atoms with Crippen LogP contribution in [0.15, 0.2) is 18.3 Å². The summed E-state index contributed by atoms with van der Waals surface area (Å²) in [5, 5.41) is 0.581. The molecule has 2 saturated heterocycles. The lowest BCUT2D eigenvalue weighted by Gasteiger charge is -2.23. The van der Waals surface area contributed by atoms with E-state index in [4.69, 9.17) is 4.98 Å². The van der Waals surface area contributed by atoms with Crippen molar-refractivity contribution in [3.63, 3.8) is 0 Å². The van der Waals surface area contributed by atoms with Gasteiger partial charge >= 0.3 is 0 Å². The third-order valence-electron chi connectivity index (χ3n) is 4.53. The summed E-state index contributed by atoms with van der Waals surface area (Å²) in [7, 11) is 0. The zero-order valence-corrected chi connectivity index (χ0v) is 13.8. The van der Waals surface area contributed by atoms with Crippen molar-refractivity contribution in [2.75, 3.05) is 17.3 Å². The van der Waals surface area contributed by atoms with Gasteiger partial charge in [0.05, 0.1) is 5.25 Å². The summed E-state index contributed by atoms with van der Waals surface area (Å²) in [5.41, 5.74) is 2.17. The number of hydrogen-bond acceptors (Lipinski definition) is 4. The largest absolute Gasteiger partial charge is 0.311 e. The molecule has 0 radical (unpaired) electrons. The van der Waals surface area contributed by atoms with Gasteiger partial charge in [-0.05, 0) is 61.0 Å². The molecule has 2 aliphatic heterocycles. The maximum absolute atomic E-state index is 4.93. The smallest absolute Gasteiger partial charge is 0.160 e. The van der Waals surface area contributed by atoms with Gasteiger partial charge < -0.3 is 4.57 Å². The van der Waals surface area contributed by atoms with Crippen molar-refractivity contribution in [2.45, 2.75) is 37.5 Å². The van der Waals surface area contributed by atoms with E-state index in [0.29, 0.717) is 5.25 Å². The summed E-state index contributed by atoms with van der Waals surface area (Å²) in [4.78, 5) is 9.56. The molecular formula is C16H21N3S2. The second kappa shape index (κ2) is 6.21. The Morgan fingerprint density at radius 1 is 1.19 bits per heavy atom. The molecule has 2 aliphatic rings. The normalized spacial score (nSPS) is 23.9. The minimum atomic E-state index is 0.581. The highest BCUT2D eigenvalue weighted by Gasteiger charge is 2.26. The van der Waals surface area contributed by atoms with E-state index in [9.17, 15) is 0 Å². The van der Waals surface area contributed by atoms with Crippen LogP contribution < -0.4 is 0 Å². The molecule has 5 heteroatoms. The van der Waals surface area contributed by atoms with Gasteiger partial charge in [-0.1, -0.05) is 0 Å². The lowest BCUT2D eigenvalue weighted by Crippen LogP contribution is -2.18. The van der Waals surface area contributed by atoms with E-state index < -0.39 is 0 Å². The first-order valence-electron chi connectivity index (χ1n) is 7.92. The lowest BCUT2D eigenvalue weighted by atomic mass is 10.0. The van der Waals surface area contributed by atoms with Crippen LogP contribution in [0.4, 0.5) is 0 Å². The number of fused-ring (bicyclic) bond motifs is 1. The Labute approximate surface area is 134 Å². The number of rotatable bonds is 3. The third-order valence-corrected chi connectivity index (χ3v) is 6.95. The van der Waals surface area contributed by atoms with Crippen molar-refractivity contribution in [3.8, 4) is 0 Å². The highest BCUT2D eigenvalue weighted by atomic mass is 32.2. The monoisotopic (exact) mass is 319 g/mol. The van der Waals surface area contributed by atoms with Crippen LogP contribution >= 0.6 is 23.5 Å². The first-order valence-corrected chi connectivity index (χ1v) is 10.1. The SMILES string of the molecule is c1cnc2c(c1)nc(C1CCCS1)n2CC1CCSCC1. The predicted octanol–water partition coefficient (Wildman–Crippen LogP) is 4.14. The Kier molecular flexibility index (Phi) is 4.12. The van der Waals surface area contributed by atoms with Crippen molar-refractivity contribution < 1.29 is 0 Å². The van der Waals surface area contributed by atoms with E-state index in [1.54, 1.807) is 0 Å². The number of imidazole rings is 1. The van der Waals surface area contributed by atoms with Gasteiger partial charge in [-0.25, -0.2) is 9.97 Å². The summed E-state index contributed by atoms with van der Waals surface area (Å²) in [5.74, 6) is 6.00. The van der Waals surface area contributed by atoms with Gasteiger partial charge in [0.1, 0.15) is 11.3 Å². The summed E-state index contributed by atoms with van der Waals surface area (Å²) in [6.07, 6.45) is 7.19. The minimum Gasteiger partial charge on any atom is -0.311 e. The molecule has 4 rings (SSSR count). The molecule has 2 aromatic rings. The van der Waals surface area contributed by atoms with E-state index in [1.165, 1.54) is 48.8 Å². The standard InChI is InChI=1S/C16H21N3S2/c1-3-13-15(17-7-1)19(11-12-5-9-20-10-6-12)16(18-13)14-4-2-8-21-14/h1,3,7,12,14H,2,4-6,8-11H2. The molecule has 1 unspecified atom stereocenters. The van der Waals surface area contributed by atoms with E-state index in [2.05, 4.69) is 39.1 Å². The van der Waals surface area contributed by atoms with Crippen LogP contribution in [0.5, 0.6) is 0 Å².